The largest absolute Gasteiger partial charge is 0.349 e. The van der Waals surface area contributed by atoms with Crippen LogP contribution < -0.4 is 5.32 Å². The number of carbonyl (C=O) groups excluding carboxylic acids is 1. The molecule has 0 aliphatic heterocycles. The topological polar surface area (TPSA) is 29.1 Å². The second-order valence-electron chi connectivity index (χ2n) is 5.89. The van der Waals surface area contributed by atoms with Gasteiger partial charge >= 0.3 is 0 Å². The Bertz CT molecular complexity index is 460. The second kappa shape index (κ2) is 4.42. The predicted octanol–water partition coefficient (Wildman–Crippen LogP) is 3.47. The third kappa shape index (κ3) is 1.84. The second-order valence-corrected chi connectivity index (χ2v) is 5.89. The molecule has 2 heteroatoms. The first-order chi connectivity index (χ1) is 8.71. The van der Waals surface area contributed by atoms with Gasteiger partial charge in [-0.3, -0.25) is 4.79 Å². The number of benzene rings is 1. The van der Waals surface area contributed by atoms with Gasteiger partial charge in [0.15, 0.2) is 0 Å². The zero-order valence-corrected chi connectivity index (χ0v) is 11.0. The molecule has 1 saturated carbocycles. The first kappa shape index (κ1) is 11.8. The maximum absolute atomic E-state index is 11.4. The molecule has 1 aromatic rings. The van der Waals surface area contributed by atoms with Crippen molar-refractivity contribution in [1.29, 1.82) is 0 Å². The Hall–Kier alpha value is -1.31. The molecule has 0 saturated heterocycles. The minimum Gasteiger partial charge on any atom is -0.349 e. The number of rotatable bonds is 1. The average molecular weight is 243 g/mol. The summed E-state index contributed by atoms with van der Waals surface area (Å²) in [6.07, 6.45) is 7.73. The minimum atomic E-state index is 0.0858. The van der Waals surface area contributed by atoms with Gasteiger partial charge in [0, 0.05) is 6.92 Å². The molecule has 0 unspecified atom stereocenters. The van der Waals surface area contributed by atoms with Gasteiger partial charge in [0.25, 0.3) is 0 Å². The SMILES string of the molecule is CC(=O)N[C@H]1CC2(CCCCC2)c2ccccc21. The number of hydrogen-bond donors (Lipinski definition) is 1. The normalized spacial score (nSPS) is 24.8. The van der Waals surface area contributed by atoms with Gasteiger partial charge in [0.1, 0.15) is 0 Å². The molecule has 96 valence electrons. The zero-order valence-electron chi connectivity index (χ0n) is 11.0. The molecule has 1 fully saturated rings. The van der Waals surface area contributed by atoms with E-state index in [4.69, 9.17) is 0 Å². The molecule has 0 radical (unpaired) electrons. The van der Waals surface area contributed by atoms with Crippen molar-refractivity contribution >= 4 is 5.91 Å². The van der Waals surface area contributed by atoms with E-state index in [-0.39, 0.29) is 11.9 Å². The van der Waals surface area contributed by atoms with Crippen LogP contribution in [0.4, 0.5) is 0 Å². The molecular formula is C16H21NO. The number of amides is 1. The fourth-order valence-electron chi connectivity index (χ4n) is 3.97. The van der Waals surface area contributed by atoms with E-state index in [1.807, 2.05) is 0 Å². The van der Waals surface area contributed by atoms with Crippen molar-refractivity contribution in [1.82, 2.24) is 5.32 Å². The van der Waals surface area contributed by atoms with E-state index < -0.39 is 0 Å². The molecule has 1 aromatic carbocycles. The Balaban J connectivity index is 1.98. The first-order valence-electron chi connectivity index (χ1n) is 7.08. The van der Waals surface area contributed by atoms with Gasteiger partial charge in [-0.05, 0) is 35.8 Å². The molecule has 1 amide bonds. The lowest BCUT2D eigenvalue weighted by Crippen LogP contribution is -2.29. The summed E-state index contributed by atoms with van der Waals surface area (Å²) in [5, 5.41) is 3.13. The monoisotopic (exact) mass is 243 g/mol. The van der Waals surface area contributed by atoms with Gasteiger partial charge in [-0.15, -0.1) is 0 Å². The number of nitrogens with one attached hydrogen (secondary N) is 1. The summed E-state index contributed by atoms with van der Waals surface area (Å²) < 4.78 is 0. The Morgan fingerprint density at radius 2 is 1.94 bits per heavy atom. The molecule has 2 nitrogen and oxygen atoms in total. The van der Waals surface area contributed by atoms with Crippen LogP contribution in [0.2, 0.25) is 0 Å². The van der Waals surface area contributed by atoms with Crippen molar-refractivity contribution in [3.05, 3.63) is 35.4 Å². The molecule has 0 aromatic heterocycles. The van der Waals surface area contributed by atoms with E-state index in [9.17, 15) is 4.79 Å². The molecule has 0 bridgehead atoms. The van der Waals surface area contributed by atoms with Gasteiger partial charge < -0.3 is 5.32 Å². The van der Waals surface area contributed by atoms with Crippen LogP contribution in [0.3, 0.4) is 0 Å². The van der Waals surface area contributed by atoms with Gasteiger partial charge in [-0.2, -0.15) is 0 Å². The Morgan fingerprint density at radius 3 is 2.67 bits per heavy atom. The van der Waals surface area contributed by atoms with Gasteiger partial charge in [-0.1, -0.05) is 43.5 Å². The number of hydrogen-bond acceptors (Lipinski definition) is 1. The Morgan fingerprint density at radius 1 is 1.22 bits per heavy atom. The van der Waals surface area contributed by atoms with E-state index in [0.29, 0.717) is 5.41 Å². The fraction of sp³-hybridized carbons (Fsp3) is 0.562. The zero-order chi connectivity index (χ0) is 12.6. The summed E-state index contributed by atoms with van der Waals surface area (Å²) in [7, 11) is 0. The molecule has 0 heterocycles. The van der Waals surface area contributed by atoms with Crippen molar-refractivity contribution in [3.8, 4) is 0 Å². The summed E-state index contributed by atoms with van der Waals surface area (Å²) in [6, 6.07) is 8.94. The highest BCUT2D eigenvalue weighted by Crippen LogP contribution is 2.52. The van der Waals surface area contributed by atoms with Crippen molar-refractivity contribution in [2.75, 3.05) is 0 Å². The van der Waals surface area contributed by atoms with E-state index in [1.54, 1.807) is 6.92 Å². The van der Waals surface area contributed by atoms with E-state index >= 15 is 0 Å². The van der Waals surface area contributed by atoms with Crippen LogP contribution in [0, 0.1) is 0 Å². The highest BCUT2D eigenvalue weighted by Gasteiger charge is 2.44. The fourth-order valence-corrected chi connectivity index (χ4v) is 3.97. The van der Waals surface area contributed by atoms with Crippen LogP contribution in [0.15, 0.2) is 24.3 Å². The standard InChI is InChI=1S/C16H21NO/c1-12(18)17-15-11-16(9-5-2-6-10-16)14-8-4-3-7-13(14)15/h3-4,7-8,15H,2,5-6,9-11H2,1H3,(H,17,18)/t15-/m0/s1. The molecule has 1 spiro atoms. The lowest BCUT2D eigenvalue weighted by atomic mass is 9.70. The number of carbonyl (C=O) groups is 1. The quantitative estimate of drug-likeness (QED) is 0.804. The first-order valence-corrected chi connectivity index (χ1v) is 7.08. The maximum Gasteiger partial charge on any atom is 0.217 e. The molecule has 1 atom stereocenters. The lowest BCUT2D eigenvalue weighted by molar-refractivity contribution is -0.119. The summed E-state index contributed by atoms with van der Waals surface area (Å²) >= 11 is 0. The molecule has 1 N–H and O–H groups in total. The molecular weight excluding hydrogens is 222 g/mol. The number of fused-ring (bicyclic) bond motifs is 2. The summed E-state index contributed by atoms with van der Waals surface area (Å²) in [5.74, 6) is 0.0858. The Kier molecular flexibility index (Phi) is 2.89. The van der Waals surface area contributed by atoms with Crippen LogP contribution in [0.1, 0.15) is 62.6 Å². The van der Waals surface area contributed by atoms with Crippen molar-refractivity contribution in [2.24, 2.45) is 0 Å². The van der Waals surface area contributed by atoms with Crippen LogP contribution in [-0.4, -0.2) is 5.91 Å². The van der Waals surface area contributed by atoms with Crippen LogP contribution in [0.5, 0.6) is 0 Å². The van der Waals surface area contributed by atoms with E-state index in [0.717, 1.165) is 6.42 Å². The van der Waals surface area contributed by atoms with Gasteiger partial charge in [0.2, 0.25) is 5.91 Å². The van der Waals surface area contributed by atoms with Crippen molar-refractivity contribution < 1.29 is 4.79 Å². The highest BCUT2D eigenvalue weighted by molar-refractivity contribution is 5.73. The van der Waals surface area contributed by atoms with E-state index in [1.165, 1.54) is 43.2 Å². The van der Waals surface area contributed by atoms with Gasteiger partial charge in [-0.25, -0.2) is 0 Å². The summed E-state index contributed by atoms with van der Waals surface area (Å²) in [5.41, 5.74) is 3.21. The minimum absolute atomic E-state index is 0.0858. The molecule has 3 rings (SSSR count). The molecule has 2 aliphatic rings. The average Bonchev–Trinajstić information content (AvgIpc) is 2.65. The maximum atomic E-state index is 11.4. The third-order valence-electron chi connectivity index (χ3n) is 4.69. The summed E-state index contributed by atoms with van der Waals surface area (Å²) in [4.78, 5) is 11.4. The molecule has 2 aliphatic carbocycles. The lowest BCUT2D eigenvalue weighted by Gasteiger charge is -2.34. The van der Waals surface area contributed by atoms with Crippen LogP contribution in [-0.2, 0) is 10.2 Å². The van der Waals surface area contributed by atoms with Gasteiger partial charge in [0.05, 0.1) is 6.04 Å². The van der Waals surface area contributed by atoms with Crippen molar-refractivity contribution in [2.45, 2.75) is 56.9 Å². The third-order valence-corrected chi connectivity index (χ3v) is 4.69. The predicted molar refractivity (Wildman–Crippen MR) is 72.4 cm³/mol. The van der Waals surface area contributed by atoms with Crippen molar-refractivity contribution in [3.63, 3.8) is 0 Å². The van der Waals surface area contributed by atoms with Crippen LogP contribution in [0.25, 0.3) is 0 Å². The highest BCUT2D eigenvalue weighted by atomic mass is 16.1. The molecule has 18 heavy (non-hydrogen) atoms. The van der Waals surface area contributed by atoms with Crippen LogP contribution >= 0.6 is 0 Å². The van der Waals surface area contributed by atoms with E-state index in [2.05, 4.69) is 29.6 Å². The summed E-state index contributed by atoms with van der Waals surface area (Å²) in [6.45, 7) is 1.62. The Labute approximate surface area is 109 Å². The smallest absolute Gasteiger partial charge is 0.217 e.